The van der Waals surface area contributed by atoms with Crippen LogP contribution in [0.25, 0.3) is 32.9 Å². The van der Waals surface area contributed by atoms with Crippen molar-refractivity contribution in [2.45, 2.75) is 26.3 Å². The van der Waals surface area contributed by atoms with Gasteiger partial charge in [0.2, 0.25) is 0 Å². The molecular formula is C26H27N5O2. The molecule has 3 heterocycles. The highest BCUT2D eigenvalue weighted by Gasteiger charge is 2.12. The monoisotopic (exact) mass is 441 g/mol. The first-order chi connectivity index (χ1) is 16.1. The molecule has 0 spiro atoms. The molecule has 7 heteroatoms. The van der Waals surface area contributed by atoms with E-state index in [1.165, 1.54) is 0 Å². The number of hydrogen-bond acceptors (Lipinski definition) is 5. The molecule has 0 fully saturated rings. The van der Waals surface area contributed by atoms with E-state index >= 15 is 0 Å². The van der Waals surface area contributed by atoms with Crippen molar-refractivity contribution in [3.63, 3.8) is 0 Å². The smallest absolute Gasteiger partial charge is 0.138 e. The van der Waals surface area contributed by atoms with Crippen LogP contribution in [0.4, 0.5) is 0 Å². The van der Waals surface area contributed by atoms with Gasteiger partial charge in [-0.25, -0.2) is 0 Å². The maximum Gasteiger partial charge on any atom is 0.138 e. The largest absolute Gasteiger partial charge is 0.494 e. The number of benzene rings is 2. The number of aryl methyl sites for hydroxylation is 1. The van der Waals surface area contributed by atoms with Crippen molar-refractivity contribution in [2.24, 2.45) is 5.73 Å². The van der Waals surface area contributed by atoms with Crippen LogP contribution in [-0.4, -0.2) is 39.4 Å². The van der Waals surface area contributed by atoms with Gasteiger partial charge in [-0.05, 0) is 67.8 Å². The molecule has 0 unspecified atom stereocenters. The first-order valence-corrected chi connectivity index (χ1v) is 11.1. The van der Waals surface area contributed by atoms with Crippen LogP contribution in [0.15, 0.2) is 61.1 Å². The van der Waals surface area contributed by atoms with Gasteiger partial charge in [-0.2, -0.15) is 5.10 Å². The van der Waals surface area contributed by atoms with Gasteiger partial charge in [-0.15, -0.1) is 0 Å². The van der Waals surface area contributed by atoms with E-state index in [2.05, 4.69) is 38.4 Å². The second-order valence-electron chi connectivity index (χ2n) is 8.21. The predicted molar refractivity (Wildman–Crippen MR) is 131 cm³/mol. The summed E-state index contributed by atoms with van der Waals surface area (Å²) < 4.78 is 11.6. The van der Waals surface area contributed by atoms with Gasteiger partial charge in [-0.1, -0.05) is 6.07 Å². The highest BCUT2D eigenvalue weighted by Crippen LogP contribution is 2.28. The summed E-state index contributed by atoms with van der Waals surface area (Å²) in [4.78, 5) is 7.67. The number of hydrogen-bond donors (Lipinski definition) is 3. The van der Waals surface area contributed by atoms with Crippen LogP contribution in [-0.2, 0) is 6.42 Å². The quantitative estimate of drug-likeness (QED) is 0.322. The Labute approximate surface area is 191 Å². The maximum absolute atomic E-state index is 6.42. The van der Waals surface area contributed by atoms with Gasteiger partial charge in [0.05, 0.1) is 24.0 Å². The number of pyridine rings is 1. The van der Waals surface area contributed by atoms with Gasteiger partial charge in [0.25, 0.3) is 0 Å². The summed E-state index contributed by atoms with van der Waals surface area (Å²) in [6.07, 6.45) is 6.26. The molecule has 2 aromatic carbocycles. The van der Waals surface area contributed by atoms with Crippen molar-refractivity contribution in [1.29, 1.82) is 0 Å². The average molecular weight is 442 g/mol. The number of aromatic amines is 2. The van der Waals surface area contributed by atoms with Gasteiger partial charge >= 0.3 is 0 Å². The Morgan fingerprint density at radius 1 is 0.939 bits per heavy atom. The first-order valence-electron chi connectivity index (χ1n) is 11.1. The van der Waals surface area contributed by atoms with Gasteiger partial charge in [-0.3, -0.25) is 10.1 Å². The summed E-state index contributed by atoms with van der Waals surface area (Å²) in [7, 11) is 0. The van der Waals surface area contributed by atoms with Crippen LogP contribution in [0.3, 0.4) is 0 Å². The number of H-pyrrole nitrogens is 2. The first kappa shape index (κ1) is 21.0. The molecular weight excluding hydrogens is 414 g/mol. The Kier molecular flexibility index (Phi) is 5.71. The third-order valence-corrected chi connectivity index (χ3v) is 5.80. The topological polar surface area (TPSA) is 102 Å². The van der Waals surface area contributed by atoms with Crippen LogP contribution >= 0.6 is 0 Å². The van der Waals surface area contributed by atoms with Crippen molar-refractivity contribution in [1.82, 2.24) is 20.2 Å². The fourth-order valence-corrected chi connectivity index (χ4v) is 4.11. The lowest BCUT2D eigenvalue weighted by atomic mass is 10.0. The lowest BCUT2D eigenvalue weighted by Crippen LogP contribution is -2.30. The molecule has 0 bridgehead atoms. The second kappa shape index (κ2) is 8.96. The van der Waals surface area contributed by atoms with Crippen LogP contribution in [0.1, 0.15) is 18.2 Å². The summed E-state index contributed by atoms with van der Waals surface area (Å²) in [6, 6.07) is 14.1. The van der Waals surface area contributed by atoms with Crippen molar-refractivity contribution in [2.75, 3.05) is 13.2 Å². The number of aromatic nitrogens is 4. The minimum atomic E-state index is -0.159. The second-order valence-corrected chi connectivity index (χ2v) is 8.21. The van der Waals surface area contributed by atoms with E-state index in [0.29, 0.717) is 25.4 Å². The molecule has 4 N–H and O–H groups in total. The molecule has 0 aliphatic heterocycles. The molecule has 0 amide bonds. The third-order valence-electron chi connectivity index (χ3n) is 5.80. The summed E-state index contributed by atoms with van der Waals surface area (Å²) >= 11 is 0. The maximum atomic E-state index is 6.42. The van der Waals surface area contributed by atoms with E-state index < -0.39 is 0 Å². The fourth-order valence-electron chi connectivity index (χ4n) is 4.11. The van der Waals surface area contributed by atoms with Crippen molar-refractivity contribution in [3.05, 3.63) is 72.3 Å². The van der Waals surface area contributed by atoms with E-state index in [-0.39, 0.29) is 6.04 Å². The van der Waals surface area contributed by atoms with E-state index in [1.54, 1.807) is 6.20 Å². The van der Waals surface area contributed by atoms with E-state index in [9.17, 15) is 0 Å². The molecule has 0 radical (unpaired) electrons. The Hall–Kier alpha value is -3.84. The number of nitrogens with two attached hydrogens (primary N) is 1. The minimum absolute atomic E-state index is 0.159. The standard InChI is InChI=1S/C26H27N5O2/c1-3-32-21-5-7-25-24(11-21)19(13-29-25)8-20(27)15-33-22-9-18(12-28-14-22)17-4-6-26-23(10-17)16(2)30-31-26/h4-7,9-14,20,29H,3,8,15,27H2,1-2H3,(H,30,31)/t20-/m0/s1. The van der Waals surface area contributed by atoms with Gasteiger partial charge in [0, 0.05) is 40.3 Å². The molecule has 5 aromatic rings. The normalized spacial score (nSPS) is 12.3. The highest BCUT2D eigenvalue weighted by molar-refractivity contribution is 5.86. The summed E-state index contributed by atoms with van der Waals surface area (Å²) in [6.45, 7) is 5.01. The van der Waals surface area contributed by atoms with Gasteiger partial charge in [0.1, 0.15) is 18.1 Å². The number of nitrogens with zero attached hydrogens (tertiary/aromatic N) is 2. The molecule has 33 heavy (non-hydrogen) atoms. The molecule has 0 aliphatic rings. The van der Waals surface area contributed by atoms with Gasteiger partial charge in [0.15, 0.2) is 0 Å². The average Bonchev–Trinajstić information content (AvgIpc) is 3.41. The molecule has 0 saturated heterocycles. The molecule has 0 aliphatic carbocycles. The van der Waals surface area contributed by atoms with E-state index in [4.69, 9.17) is 15.2 Å². The number of ether oxygens (including phenoxy) is 2. The number of rotatable bonds is 8. The van der Waals surface area contributed by atoms with Crippen LogP contribution in [0.5, 0.6) is 11.5 Å². The zero-order valence-corrected chi connectivity index (χ0v) is 18.8. The highest BCUT2D eigenvalue weighted by atomic mass is 16.5. The van der Waals surface area contributed by atoms with Crippen LogP contribution in [0, 0.1) is 6.92 Å². The third kappa shape index (κ3) is 4.40. The lowest BCUT2D eigenvalue weighted by Gasteiger charge is -2.14. The lowest BCUT2D eigenvalue weighted by molar-refractivity contribution is 0.287. The molecule has 5 rings (SSSR count). The number of fused-ring (bicyclic) bond motifs is 2. The van der Waals surface area contributed by atoms with E-state index in [1.807, 2.05) is 50.5 Å². The van der Waals surface area contributed by atoms with Crippen molar-refractivity contribution in [3.8, 4) is 22.6 Å². The zero-order chi connectivity index (χ0) is 22.8. The van der Waals surface area contributed by atoms with Gasteiger partial charge < -0.3 is 20.2 Å². The SMILES string of the molecule is CCOc1ccc2[nH]cc(C[C@H](N)COc3cncc(-c4ccc5[nH]nc(C)c5c4)c3)c2c1. The molecule has 0 saturated carbocycles. The Bertz CT molecular complexity index is 1400. The Morgan fingerprint density at radius 2 is 1.82 bits per heavy atom. The minimum Gasteiger partial charge on any atom is -0.494 e. The molecule has 1 atom stereocenters. The van der Waals surface area contributed by atoms with Crippen molar-refractivity contribution < 1.29 is 9.47 Å². The fraction of sp³-hybridized carbons (Fsp3) is 0.231. The molecule has 7 nitrogen and oxygen atoms in total. The summed E-state index contributed by atoms with van der Waals surface area (Å²) in [5.74, 6) is 1.56. The number of nitrogens with one attached hydrogen (secondary N) is 2. The Morgan fingerprint density at radius 3 is 2.70 bits per heavy atom. The molecule has 3 aromatic heterocycles. The Balaban J connectivity index is 1.27. The van der Waals surface area contributed by atoms with Crippen LogP contribution in [0.2, 0.25) is 0 Å². The summed E-state index contributed by atoms with van der Waals surface area (Å²) in [5, 5.41) is 9.54. The van der Waals surface area contributed by atoms with Crippen LogP contribution < -0.4 is 15.2 Å². The van der Waals surface area contributed by atoms with E-state index in [0.717, 1.165) is 49.9 Å². The molecule has 168 valence electrons. The summed E-state index contributed by atoms with van der Waals surface area (Å²) in [5.41, 5.74) is 12.7. The van der Waals surface area contributed by atoms with Crippen molar-refractivity contribution >= 4 is 21.8 Å². The predicted octanol–water partition coefficient (Wildman–Crippen LogP) is 4.76. The zero-order valence-electron chi connectivity index (χ0n) is 18.8.